The van der Waals surface area contributed by atoms with Gasteiger partial charge in [0.25, 0.3) is 0 Å². The smallest absolute Gasteiger partial charge is 0.166 e. The van der Waals surface area contributed by atoms with Crippen molar-refractivity contribution in [3.05, 3.63) is 181 Å². The number of nitriles is 1. The third-order valence-electron chi connectivity index (χ3n) is 9.43. The van der Waals surface area contributed by atoms with Crippen LogP contribution >= 0.6 is 0 Å². The SMILES string of the molecule is N#Cc1cccc(-c2ccc3c4ccccc4n(-c4ccc(-c5c(F)cccc5F)cc4-c4nc(-c5ccccc5)nc(-c5ccccc5)n4)c3c2)c1. The molecule has 7 aromatic carbocycles. The topological polar surface area (TPSA) is 67.4 Å². The van der Waals surface area contributed by atoms with E-state index in [1.807, 2.05) is 97.1 Å². The minimum absolute atomic E-state index is 0.136. The van der Waals surface area contributed by atoms with Crippen molar-refractivity contribution in [1.82, 2.24) is 19.5 Å². The molecule has 0 radical (unpaired) electrons. The van der Waals surface area contributed by atoms with Gasteiger partial charge in [0, 0.05) is 27.5 Å². The minimum Gasteiger partial charge on any atom is -0.308 e. The van der Waals surface area contributed by atoms with Crippen LogP contribution in [0.15, 0.2) is 164 Å². The van der Waals surface area contributed by atoms with Gasteiger partial charge in [0.05, 0.1) is 33.9 Å². The second kappa shape index (κ2) is 13.1. The lowest BCUT2D eigenvalue weighted by Crippen LogP contribution is -2.04. The Morgan fingerprint density at radius 1 is 0.453 bits per heavy atom. The summed E-state index contributed by atoms with van der Waals surface area (Å²) in [5.41, 5.74) is 7.31. The molecule has 2 aromatic heterocycles. The Bertz CT molecular complexity index is 2800. The molecule has 0 N–H and O–H groups in total. The molecule has 0 aliphatic rings. The number of benzene rings is 7. The molecule has 0 spiro atoms. The molecule has 0 unspecified atom stereocenters. The van der Waals surface area contributed by atoms with Crippen LogP contribution < -0.4 is 0 Å². The Morgan fingerprint density at radius 3 is 1.72 bits per heavy atom. The summed E-state index contributed by atoms with van der Waals surface area (Å²) in [5, 5.41) is 11.7. The van der Waals surface area contributed by atoms with Gasteiger partial charge in [0.1, 0.15) is 11.6 Å². The van der Waals surface area contributed by atoms with Gasteiger partial charge >= 0.3 is 0 Å². The molecule has 0 amide bonds. The van der Waals surface area contributed by atoms with Crippen LogP contribution in [0.5, 0.6) is 0 Å². The first-order valence-electron chi connectivity index (χ1n) is 17.1. The van der Waals surface area contributed by atoms with Crippen LogP contribution in [-0.4, -0.2) is 19.5 Å². The average Bonchev–Trinajstić information content (AvgIpc) is 3.54. The number of rotatable bonds is 6. The fraction of sp³-hybridized carbons (Fsp3) is 0. The maximum Gasteiger partial charge on any atom is 0.166 e. The number of hydrogen-bond donors (Lipinski definition) is 0. The van der Waals surface area contributed by atoms with Crippen molar-refractivity contribution in [1.29, 1.82) is 5.26 Å². The molecular formula is C46H27F2N5. The van der Waals surface area contributed by atoms with E-state index < -0.39 is 11.6 Å². The Kier molecular flexibility index (Phi) is 7.83. The highest BCUT2D eigenvalue weighted by Gasteiger charge is 2.22. The van der Waals surface area contributed by atoms with Gasteiger partial charge in [-0.15, -0.1) is 0 Å². The van der Waals surface area contributed by atoms with Crippen molar-refractivity contribution in [3.8, 4) is 68.2 Å². The lowest BCUT2D eigenvalue weighted by Gasteiger charge is -2.17. The largest absolute Gasteiger partial charge is 0.308 e. The molecule has 9 rings (SSSR count). The molecule has 7 heteroatoms. The third-order valence-corrected chi connectivity index (χ3v) is 9.43. The average molecular weight is 688 g/mol. The van der Waals surface area contributed by atoms with Gasteiger partial charge in [0.2, 0.25) is 0 Å². The van der Waals surface area contributed by atoms with Crippen LogP contribution in [0.25, 0.3) is 83.9 Å². The van der Waals surface area contributed by atoms with Gasteiger partial charge in [-0.2, -0.15) is 5.26 Å². The van der Waals surface area contributed by atoms with Crippen LogP contribution in [0, 0.1) is 23.0 Å². The molecule has 0 aliphatic carbocycles. The molecule has 0 saturated carbocycles. The number of hydrogen-bond acceptors (Lipinski definition) is 4. The van der Waals surface area contributed by atoms with E-state index in [0.29, 0.717) is 39.9 Å². The quantitative estimate of drug-likeness (QED) is 0.174. The molecule has 0 saturated heterocycles. The molecule has 250 valence electrons. The summed E-state index contributed by atoms with van der Waals surface area (Å²) < 4.78 is 32.9. The fourth-order valence-electron chi connectivity index (χ4n) is 6.95. The summed E-state index contributed by atoms with van der Waals surface area (Å²) in [4.78, 5) is 15.0. The minimum atomic E-state index is -0.671. The predicted octanol–water partition coefficient (Wildman–Crippen LogP) is 11.5. The molecule has 0 atom stereocenters. The van der Waals surface area contributed by atoms with E-state index in [4.69, 9.17) is 15.0 Å². The zero-order chi connectivity index (χ0) is 35.9. The molecule has 53 heavy (non-hydrogen) atoms. The summed E-state index contributed by atoms with van der Waals surface area (Å²) in [6.07, 6.45) is 0. The summed E-state index contributed by atoms with van der Waals surface area (Å²) in [5.74, 6) is -0.0737. The molecule has 0 bridgehead atoms. The number of nitrogens with zero attached hydrogens (tertiary/aromatic N) is 5. The highest BCUT2D eigenvalue weighted by atomic mass is 19.1. The van der Waals surface area contributed by atoms with Crippen molar-refractivity contribution in [3.63, 3.8) is 0 Å². The number of aromatic nitrogens is 4. The van der Waals surface area contributed by atoms with Crippen molar-refractivity contribution >= 4 is 21.8 Å². The summed E-state index contributed by atoms with van der Waals surface area (Å²) in [6, 6.07) is 52.7. The van der Waals surface area contributed by atoms with Crippen LogP contribution in [0.4, 0.5) is 8.78 Å². The molecular weight excluding hydrogens is 661 g/mol. The predicted molar refractivity (Wildman–Crippen MR) is 206 cm³/mol. The molecule has 0 aliphatic heterocycles. The second-order valence-corrected chi connectivity index (χ2v) is 12.6. The lowest BCUT2D eigenvalue weighted by molar-refractivity contribution is 0.589. The maximum absolute atomic E-state index is 15.4. The highest BCUT2D eigenvalue weighted by Crippen LogP contribution is 2.40. The van der Waals surface area contributed by atoms with Gasteiger partial charge in [-0.25, -0.2) is 23.7 Å². The van der Waals surface area contributed by atoms with E-state index in [9.17, 15) is 5.26 Å². The third kappa shape index (κ3) is 5.69. The molecule has 2 heterocycles. The van der Waals surface area contributed by atoms with E-state index in [-0.39, 0.29) is 5.56 Å². The van der Waals surface area contributed by atoms with E-state index in [2.05, 4.69) is 41.0 Å². The van der Waals surface area contributed by atoms with Gasteiger partial charge in [0.15, 0.2) is 17.5 Å². The summed E-state index contributed by atoms with van der Waals surface area (Å²) >= 11 is 0. The number of fused-ring (bicyclic) bond motifs is 3. The first-order valence-corrected chi connectivity index (χ1v) is 17.1. The Labute approximate surface area is 303 Å². The molecule has 5 nitrogen and oxygen atoms in total. The Balaban J connectivity index is 1.37. The Hall–Kier alpha value is -7.30. The second-order valence-electron chi connectivity index (χ2n) is 12.6. The van der Waals surface area contributed by atoms with Gasteiger partial charge in [-0.05, 0) is 65.2 Å². The molecule has 0 fully saturated rings. The standard InChI is InChI=1S/C46H27F2N5/c47-38-18-10-19-39(48)43(38)34-22-24-41(37(26-34)46-51-44(30-12-3-1-4-13-30)50-45(52-46)31-14-5-2-6-15-31)53-40-20-8-7-17-35(40)36-23-21-33(27-42(36)53)32-16-9-11-29(25-32)28-49/h1-27H. The fourth-order valence-corrected chi connectivity index (χ4v) is 6.95. The van der Waals surface area contributed by atoms with Crippen LogP contribution in [0.3, 0.4) is 0 Å². The van der Waals surface area contributed by atoms with Gasteiger partial charge in [-0.1, -0.05) is 115 Å². The highest BCUT2D eigenvalue weighted by molar-refractivity contribution is 6.10. The van der Waals surface area contributed by atoms with Crippen molar-refractivity contribution in [2.24, 2.45) is 0 Å². The van der Waals surface area contributed by atoms with Crippen LogP contribution in [-0.2, 0) is 0 Å². The Morgan fingerprint density at radius 2 is 1.02 bits per heavy atom. The maximum atomic E-state index is 15.4. The summed E-state index contributed by atoms with van der Waals surface area (Å²) in [6.45, 7) is 0. The van der Waals surface area contributed by atoms with E-state index in [0.717, 1.165) is 44.1 Å². The zero-order valence-corrected chi connectivity index (χ0v) is 28.1. The van der Waals surface area contributed by atoms with Gasteiger partial charge in [-0.3, -0.25) is 0 Å². The van der Waals surface area contributed by atoms with Crippen molar-refractivity contribution in [2.75, 3.05) is 0 Å². The van der Waals surface area contributed by atoms with Crippen LogP contribution in [0.2, 0.25) is 0 Å². The number of para-hydroxylation sites is 1. The van der Waals surface area contributed by atoms with E-state index >= 15 is 8.78 Å². The summed E-state index contributed by atoms with van der Waals surface area (Å²) in [7, 11) is 0. The van der Waals surface area contributed by atoms with Gasteiger partial charge < -0.3 is 4.57 Å². The van der Waals surface area contributed by atoms with Crippen LogP contribution in [0.1, 0.15) is 5.56 Å². The van der Waals surface area contributed by atoms with Crippen molar-refractivity contribution < 1.29 is 8.78 Å². The first kappa shape index (κ1) is 31.7. The van der Waals surface area contributed by atoms with Crippen molar-refractivity contribution in [2.45, 2.75) is 0 Å². The zero-order valence-electron chi connectivity index (χ0n) is 28.1. The molecule has 9 aromatic rings. The van der Waals surface area contributed by atoms with E-state index in [1.54, 1.807) is 18.2 Å². The van der Waals surface area contributed by atoms with E-state index in [1.165, 1.54) is 18.2 Å². The monoisotopic (exact) mass is 687 g/mol. The number of halogens is 2. The normalized spacial score (nSPS) is 11.2. The first-order chi connectivity index (χ1) is 26.1. The lowest BCUT2D eigenvalue weighted by atomic mass is 9.99.